The Morgan fingerprint density at radius 3 is 2.43 bits per heavy atom. The summed E-state index contributed by atoms with van der Waals surface area (Å²) in [5.74, 6) is 0.460. The monoisotopic (exact) mass is 497 g/mol. The lowest BCUT2D eigenvalue weighted by molar-refractivity contribution is -0.137. The van der Waals surface area contributed by atoms with Crippen LogP contribution in [0.4, 0.5) is 24.7 Å². The second-order valence-electron chi connectivity index (χ2n) is 8.88. The summed E-state index contributed by atoms with van der Waals surface area (Å²) in [7, 11) is 0. The van der Waals surface area contributed by atoms with Crippen LogP contribution in [-0.4, -0.2) is 21.1 Å². The maximum Gasteiger partial charge on any atom is 0.417 e. The minimum atomic E-state index is -4.53. The number of hydrogen-bond acceptors (Lipinski definition) is 4. The summed E-state index contributed by atoms with van der Waals surface area (Å²) < 4.78 is 43.5. The molecule has 184 valence electrons. The SMILES string of the molecule is CC1=C(Nc2nc(-c3ccccc3C(F)(F)F)nc3ccccc23)c2c(cccc2-n2cccc2)NC1. The molecule has 37 heavy (non-hydrogen) atoms. The number of anilines is 2. The topological polar surface area (TPSA) is 54.8 Å². The number of fused-ring (bicyclic) bond motifs is 2. The van der Waals surface area contributed by atoms with E-state index >= 15 is 0 Å². The zero-order valence-corrected chi connectivity index (χ0v) is 19.8. The number of nitrogens with zero attached hydrogens (tertiary/aromatic N) is 3. The summed E-state index contributed by atoms with van der Waals surface area (Å²) in [5.41, 5.74) is 4.52. The summed E-state index contributed by atoms with van der Waals surface area (Å²) in [6.45, 7) is 2.64. The maximum absolute atomic E-state index is 13.8. The number of hydrogen-bond donors (Lipinski definition) is 2. The first-order valence-corrected chi connectivity index (χ1v) is 11.8. The molecule has 5 aromatic rings. The standard InChI is InChI=1S/C29H22F3N5/c1-18-17-33-23-13-8-14-24(37-15-6-7-16-37)25(23)26(18)35-28-20-10-3-5-12-22(20)34-27(36-28)19-9-2-4-11-21(19)29(30,31)32/h2-16,33H,17H2,1H3,(H,34,35,36). The minimum Gasteiger partial charge on any atom is -0.381 e. The third-order valence-corrected chi connectivity index (χ3v) is 6.47. The number of alkyl halides is 3. The average molecular weight is 498 g/mol. The number of benzene rings is 3. The molecule has 2 N–H and O–H groups in total. The third-order valence-electron chi connectivity index (χ3n) is 6.47. The van der Waals surface area contributed by atoms with E-state index < -0.39 is 11.7 Å². The van der Waals surface area contributed by atoms with Gasteiger partial charge in [0.15, 0.2) is 5.82 Å². The molecule has 5 nitrogen and oxygen atoms in total. The molecule has 0 spiro atoms. The predicted molar refractivity (Wildman–Crippen MR) is 140 cm³/mol. The van der Waals surface area contributed by atoms with Crippen LogP contribution in [0.25, 0.3) is 33.7 Å². The highest BCUT2D eigenvalue weighted by Crippen LogP contribution is 2.39. The van der Waals surface area contributed by atoms with Crippen molar-refractivity contribution in [1.29, 1.82) is 0 Å². The first kappa shape index (κ1) is 22.8. The zero-order chi connectivity index (χ0) is 25.6. The van der Waals surface area contributed by atoms with Gasteiger partial charge >= 0.3 is 6.18 Å². The first-order valence-electron chi connectivity index (χ1n) is 11.8. The fourth-order valence-electron chi connectivity index (χ4n) is 4.70. The van der Waals surface area contributed by atoms with E-state index in [4.69, 9.17) is 0 Å². The van der Waals surface area contributed by atoms with Crippen molar-refractivity contribution in [3.63, 3.8) is 0 Å². The van der Waals surface area contributed by atoms with Crippen LogP contribution in [0.5, 0.6) is 0 Å². The van der Waals surface area contributed by atoms with Crippen molar-refractivity contribution in [1.82, 2.24) is 14.5 Å². The van der Waals surface area contributed by atoms with Crippen molar-refractivity contribution in [3.8, 4) is 17.1 Å². The van der Waals surface area contributed by atoms with Crippen molar-refractivity contribution in [2.75, 3.05) is 17.2 Å². The summed E-state index contributed by atoms with van der Waals surface area (Å²) in [4.78, 5) is 9.17. The van der Waals surface area contributed by atoms with E-state index in [1.807, 2.05) is 72.4 Å². The Bertz CT molecular complexity index is 1650. The lowest BCUT2D eigenvalue weighted by Gasteiger charge is -2.27. The van der Waals surface area contributed by atoms with Gasteiger partial charge in [-0.25, -0.2) is 9.97 Å². The molecule has 3 heterocycles. The van der Waals surface area contributed by atoms with Crippen LogP contribution in [0.15, 0.2) is 96.8 Å². The van der Waals surface area contributed by atoms with Crippen LogP contribution in [0.2, 0.25) is 0 Å². The van der Waals surface area contributed by atoms with Crippen LogP contribution in [0, 0.1) is 0 Å². The Hall–Kier alpha value is -4.59. The van der Waals surface area contributed by atoms with Gasteiger partial charge in [-0.2, -0.15) is 13.2 Å². The second-order valence-corrected chi connectivity index (χ2v) is 8.88. The molecule has 0 bridgehead atoms. The van der Waals surface area contributed by atoms with E-state index in [2.05, 4.69) is 20.6 Å². The highest BCUT2D eigenvalue weighted by atomic mass is 19.4. The lowest BCUT2D eigenvalue weighted by Crippen LogP contribution is -2.19. The molecule has 0 saturated heterocycles. The van der Waals surface area contributed by atoms with Gasteiger partial charge < -0.3 is 15.2 Å². The first-order chi connectivity index (χ1) is 17.9. The number of aromatic nitrogens is 3. The van der Waals surface area contributed by atoms with Crippen LogP contribution >= 0.6 is 0 Å². The summed E-state index contributed by atoms with van der Waals surface area (Å²) >= 11 is 0. The molecule has 6 rings (SSSR count). The van der Waals surface area contributed by atoms with Gasteiger partial charge in [-0.05, 0) is 55.0 Å². The molecule has 0 amide bonds. The third kappa shape index (κ3) is 4.10. The Kier molecular flexibility index (Phi) is 5.44. The predicted octanol–water partition coefficient (Wildman–Crippen LogP) is 7.37. The molecule has 0 unspecified atom stereocenters. The van der Waals surface area contributed by atoms with Gasteiger partial charge in [-0.3, -0.25) is 0 Å². The largest absolute Gasteiger partial charge is 0.417 e. The normalized spacial score (nSPS) is 13.4. The van der Waals surface area contributed by atoms with Gasteiger partial charge in [-0.15, -0.1) is 0 Å². The van der Waals surface area contributed by atoms with Crippen molar-refractivity contribution >= 4 is 28.1 Å². The van der Waals surface area contributed by atoms with E-state index in [-0.39, 0.29) is 11.4 Å². The smallest absolute Gasteiger partial charge is 0.381 e. The van der Waals surface area contributed by atoms with Gasteiger partial charge in [0.25, 0.3) is 0 Å². The highest BCUT2D eigenvalue weighted by Gasteiger charge is 2.34. The van der Waals surface area contributed by atoms with Gasteiger partial charge in [0.1, 0.15) is 5.82 Å². The number of halogens is 3. The van der Waals surface area contributed by atoms with E-state index in [0.29, 0.717) is 17.9 Å². The molecule has 1 aliphatic rings. The van der Waals surface area contributed by atoms with E-state index in [9.17, 15) is 13.2 Å². The lowest BCUT2D eigenvalue weighted by atomic mass is 9.98. The Morgan fingerprint density at radius 1 is 0.865 bits per heavy atom. The average Bonchev–Trinajstić information content (AvgIpc) is 3.44. The summed E-state index contributed by atoms with van der Waals surface area (Å²) in [5, 5.41) is 7.67. The highest BCUT2D eigenvalue weighted by molar-refractivity contribution is 5.98. The van der Waals surface area contributed by atoms with Gasteiger partial charge in [0.05, 0.1) is 22.5 Å². The van der Waals surface area contributed by atoms with Crippen molar-refractivity contribution in [2.24, 2.45) is 0 Å². The molecule has 8 heteroatoms. The maximum atomic E-state index is 13.8. The van der Waals surface area contributed by atoms with Gasteiger partial charge in [0.2, 0.25) is 0 Å². The number of nitrogens with one attached hydrogen (secondary N) is 2. The fraction of sp³-hybridized carbons (Fsp3) is 0.103. The fourth-order valence-corrected chi connectivity index (χ4v) is 4.70. The number of para-hydroxylation sites is 1. The molecule has 2 aromatic heterocycles. The van der Waals surface area contributed by atoms with E-state index in [1.165, 1.54) is 12.1 Å². The molecule has 0 atom stereocenters. The molecule has 0 aliphatic carbocycles. The minimum absolute atomic E-state index is 0.0141. The van der Waals surface area contributed by atoms with Crippen molar-refractivity contribution in [3.05, 3.63) is 108 Å². The van der Waals surface area contributed by atoms with Crippen molar-refractivity contribution in [2.45, 2.75) is 13.1 Å². The van der Waals surface area contributed by atoms with Gasteiger partial charge in [0, 0.05) is 41.1 Å². The van der Waals surface area contributed by atoms with E-state index in [1.54, 1.807) is 12.1 Å². The molecular weight excluding hydrogens is 475 g/mol. The van der Waals surface area contributed by atoms with Gasteiger partial charge in [-0.1, -0.05) is 36.4 Å². The quantitative estimate of drug-likeness (QED) is 0.272. The molecule has 0 saturated carbocycles. The van der Waals surface area contributed by atoms with Crippen LogP contribution < -0.4 is 10.6 Å². The molecule has 0 radical (unpaired) electrons. The van der Waals surface area contributed by atoms with Crippen molar-refractivity contribution < 1.29 is 13.2 Å². The Labute approximate surface area is 211 Å². The molecule has 3 aromatic carbocycles. The molecule has 0 fully saturated rings. The number of rotatable bonds is 4. The molecular formula is C29H22F3N5. The van der Waals surface area contributed by atoms with Crippen LogP contribution in [0.3, 0.4) is 0 Å². The van der Waals surface area contributed by atoms with Crippen LogP contribution in [-0.2, 0) is 6.18 Å². The molecule has 1 aliphatic heterocycles. The summed E-state index contributed by atoms with van der Waals surface area (Å²) in [6.07, 6.45) is -0.579. The Morgan fingerprint density at radius 2 is 1.62 bits per heavy atom. The van der Waals surface area contributed by atoms with E-state index in [0.717, 1.165) is 39.7 Å². The van der Waals surface area contributed by atoms with Crippen LogP contribution in [0.1, 0.15) is 18.1 Å². The second kappa shape index (κ2) is 8.81. The summed E-state index contributed by atoms with van der Waals surface area (Å²) in [6, 6.07) is 22.7. The zero-order valence-electron chi connectivity index (χ0n) is 19.8. The Balaban J connectivity index is 1.54.